The first-order valence-corrected chi connectivity index (χ1v) is 20.9. The molecule has 0 heterocycles. The van der Waals surface area contributed by atoms with Gasteiger partial charge in [-0.05, 0) is 95.4 Å². The summed E-state index contributed by atoms with van der Waals surface area (Å²) in [5.41, 5.74) is 6.94. The van der Waals surface area contributed by atoms with Gasteiger partial charge in [-0.2, -0.15) is 0 Å². The zero-order valence-corrected chi connectivity index (χ0v) is 39.2. The van der Waals surface area contributed by atoms with Crippen molar-refractivity contribution in [1.82, 2.24) is 0 Å². The Morgan fingerprint density at radius 2 is 0.951 bits per heavy atom. The van der Waals surface area contributed by atoms with Crippen molar-refractivity contribution in [2.75, 3.05) is 7.11 Å². The SMILES string of the molecule is C/C=C/C=C(C)C=CC=C(C)/C=C/C1=C(C)C(=O)C(OC(=O)CCC(=O)OC)CC1(C)C.CC=C(C)C=CC=C(C)/C=C/C1=C(C)C(=O)C(OC(=O)CCC(C)=O)CC1(C)C. The number of Topliss-reactive ketones (excluding diaryl/α,β-unsaturated/α-hetero) is 3. The van der Waals surface area contributed by atoms with E-state index in [4.69, 9.17) is 9.47 Å². The van der Waals surface area contributed by atoms with E-state index < -0.39 is 30.1 Å². The summed E-state index contributed by atoms with van der Waals surface area (Å²) in [5, 5.41) is 0. The van der Waals surface area contributed by atoms with Crippen molar-refractivity contribution < 1.29 is 43.0 Å². The van der Waals surface area contributed by atoms with E-state index in [0.29, 0.717) is 24.0 Å². The number of carbonyl (C=O) groups is 6. The van der Waals surface area contributed by atoms with Crippen LogP contribution in [0.25, 0.3) is 0 Å². The third-order valence-corrected chi connectivity index (χ3v) is 10.4. The maximum Gasteiger partial charge on any atom is 0.307 e. The maximum absolute atomic E-state index is 12.8. The van der Waals surface area contributed by atoms with Gasteiger partial charge < -0.3 is 19.0 Å². The Hall–Kier alpha value is -5.44. The number of hydrogen-bond acceptors (Lipinski definition) is 9. The fourth-order valence-electron chi connectivity index (χ4n) is 6.65. The van der Waals surface area contributed by atoms with Crippen LogP contribution in [-0.4, -0.2) is 54.6 Å². The van der Waals surface area contributed by atoms with Crippen molar-refractivity contribution in [3.8, 4) is 0 Å². The predicted octanol–water partition coefficient (Wildman–Crippen LogP) is 11.4. The van der Waals surface area contributed by atoms with E-state index in [-0.39, 0.29) is 53.9 Å². The molecule has 2 aliphatic rings. The van der Waals surface area contributed by atoms with Gasteiger partial charge in [0.2, 0.25) is 0 Å². The van der Waals surface area contributed by atoms with Gasteiger partial charge in [0.15, 0.2) is 23.8 Å². The van der Waals surface area contributed by atoms with Gasteiger partial charge in [-0.3, -0.25) is 24.0 Å². The summed E-state index contributed by atoms with van der Waals surface area (Å²) in [4.78, 5) is 71.9. The molecule has 2 atom stereocenters. The van der Waals surface area contributed by atoms with Crippen LogP contribution < -0.4 is 0 Å². The Bertz CT molecular complexity index is 1980. The van der Waals surface area contributed by atoms with Gasteiger partial charge in [0.05, 0.1) is 26.4 Å². The van der Waals surface area contributed by atoms with Crippen LogP contribution in [0.15, 0.2) is 130 Å². The van der Waals surface area contributed by atoms with Crippen LogP contribution >= 0.6 is 0 Å². The standard InChI is InChI=1S/C27H36O5.C25H34O4/c1-8-9-11-19(2)12-10-13-20(3)14-15-22-21(4)26(30)23(18-27(22,5)6)32-25(29)17-16-24(28)31-7;1-8-17(2)10-9-11-18(3)12-14-21-20(5)24(28)22(16-25(21,6)7)29-23(27)15-13-19(4)26/h8-15,23H,16-18H2,1-7H3;8-12,14,22H,13,15-16H2,1-7H3/b9-8+,12-10?,15-14+,19-11?,20-13?;10-9?,14-12+,17-8?,18-11?. The molecule has 0 radical (unpaired) electrons. The normalized spacial score (nSPS) is 20.3. The molecule has 0 saturated heterocycles. The molecule has 0 aliphatic heterocycles. The number of carbonyl (C=O) groups excluding carboxylic acids is 6. The molecule has 0 amide bonds. The van der Waals surface area contributed by atoms with Crippen molar-refractivity contribution in [2.24, 2.45) is 10.8 Å². The van der Waals surface area contributed by atoms with Crippen molar-refractivity contribution in [2.45, 2.75) is 141 Å². The van der Waals surface area contributed by atoms with Crippen molar-refractivity contribution in [3.05, 3.63) is 130 Å². The average Bonchev–Trinajstić information content (AvgIpc) is 3.18. The lowest BCUT2D eigenvalue weighted by atomic mass is 9.71. The van der Waals surface area contributed by atoms with Crippen LogP contribution in [0.5, 0.6) is 0 Å². The highest BCUT2D eigenvalue weighted by Gasteiger charge is 2.41. The molecule has 9 nitrogen and oxygen atoms in total. The molecule has 0 aromatic rings. The van der Waals surface area contributed by atoms with E-state index in [9.17, 15) is 28.8 Å². The number of esters is 3. The van der Waals surface area contributed by atoms with Crippen LogP contribution in [0.1, 0.15) is 129 Å². The van der Waals surface area contributed by atoms with Crippen molar-refractivity contribution in [3.63, 3.8) is 0 Å². The summed E-state index contributed by atoms with van der Waals surface area (Å²) in [5.74, 6) is -1.97. The Morgan fingerprint density at radius 3 is 1.34 bits per heavy atom. The van der Waals surface area contributed by atoms with Gasteiger partial charge in [0, 0.05) is 19.3 Å². The van der Waals surface area contributed by atoms with E-state index in [2.05, 4.69) is 4.74 Å². The molecular weight excluding hydrogens is 769 g/mol. The second-order valence-electron chi connectivity index (χ2n) is 16.9. The topological polar surface area (TPSA) is 130 Å². The Kier molecular flexibility index (Phi) is 22.9. The highest BCUT2D eigenvalue weighted by molar-refractivity contribution is 6.02. The Balaban J connectivity index is 0.000000613. The van der Waals surface area contributed by atoms with E-state index in [1.54, 1.807) is 13.8 Å². The minimum Gasteiger partial charge on any atom is -0.469 e. The fraction of sp³-hybridized carbons (Fsp3) is 0.462. The van der Waals surface area contributed by atoms with Gasteiger partial charge >= 0.3 is 17.9 Å². The summed E-state index contributed by atoms with van der Waals surface area (Å²) in [7, 11) is 1.26. The van der Waals surface area contributed by atoms with E-state index in [1.807, 2.05) is 154 Å². The Morgan fingerprint density at radius 1 is 0.574 bits per heavy atom. The largest absolute Gasteiger partial charge is 0.469 e. The van der Waals surface area contributed by atoms with Crippen LogP contribution in [0.3, 0.4) is 0 Å². The molecule has 0 aromatic carbocycles. The highest BCUT2D eigenvalue weighted by Crippen LogP contribution is 2.42. The number of ether oxygens (including phenoxy) is 3. The lowest BCUT2D eigenvalue weighted by Gasteiger charge is -2.36. The molecule has 61 heavy (non-hydrogen) atoms. The van der Waals surface area contributed by atoms with Crippen LogP contribution in [-0.2, 0) is 43.0 Å². The third kappa shape index (κ3) is 19.2. The van der Waals surface area contributed by atoms with Gasteiger partial charge in [-0.15, -0.1) is 0 Å². The monoisotopic (exact) mass is 839 g/mol. The first-order valence-electron chi connectivity index (χ1n) is 20.9. The summed E-state index contributed by atoms with van der Waals surface area (Å²) < 4.78 is 15.3. The van der Waals surface area contributed by atoms with Crippen LogP contribution in [0.4, 0.5) is 0 Å². The summed E-state index contributed by atoms with van der Waals surface area (Å²) in [6.07, 6.45) is 27.3. The molecule has 2 aliphatic carbocycles. The molecule has 0 saturated carbocycles. The van der Waals surface area contributed by atoms with E-state index in [1.165, 1.54) is 19.6 Å². The molecule has 0 spiro atoms. The van der Waals surface area contributed by atoms with Crippen LogP contribution in [0, 0.1) is 10.8 Å². The first-order chi connectivity index (χ1) is 28.5. The summed E-state index contributed by atoms with van der Waals surface area (Å²) >= 11 is 0. The summed E-state index contributed by atoms with van der Waals surface area (Å²) in [6, 6.07) is 0. The molecular formula is C52H70O9. The van der Waals surface area contributed by atoms with Gasteiger partial charge in [0.1, 0.15) is 5.78 Å². The fourth-order valence-corrected chi connectivity index (χ4v) is 6.65. The molecule has 2 rings (SSSR count). The Labute approximate surface area is 365 Å². The van der Waals surface area contributed by atoms with E-state index >= 15 is 0 Å². The third-order valence-electron chi connectivity index (χ3n) is 10.4. The minimum atomic E-state index is -0.834. The van der Waals surface area contributed by atoms with Crippen molar-refractivity contribution in [1.29, 1.82) is 0 Å². The lowest BCUT2D eigenvalue weighted by Crippen LogP contribution is -2.39. The number of rotatable bonds is 17. The van der Waals surface area contributed by atoms with Crippen molar-refractivity contribution >= 4 is 35.3 Å². The smallest absolute Gasteiger partial charge is 0.307 e. The second kappa shape index (κ2) is 26.0. The number of hydrogen-bond donors (Lipinski definition) is 0. The van der Waals surface area contributed by atoms with Gasteiger partial charge in [0.25, 0.3) is 0 Å². The number of ketones is 3. The molecule has 0 bridgehead atoms. The molecule has 0 aromatic heterocycles. The molecule has 0 N–H and O–H groups in total. The molecule has 332 valence electrons. The predicted molar refractivity (Wildman–Crippen MR) is 245 cm³/mol. The van der Waals surface area contributed by atoms with E-state index in [0.717, 1.165) is 27.9 Å². The zero-order valence-electron chi connectivity index (χ0n) is 39.2. The van der Waals surface area contributed by atoms with Gasteiger partial charge in [-0.25, -0.2) is 0 Å². The number of methoxy groups -OCH3 is 1. The quantitative estimate of drug-likeness (QED) is 0.0798. The highest BCUT2D eigenvalue weighted by atomic mass is 16.6. The molecule has 2 unspecified atom stereocenters. The maximum atomic E-state index is 12.8. The summed E-state index contributed by atoms with van der Waals surface area (Å²) in [6.45, 7) is 25.2. The lowest BCUT2D eigenvalue weighted by molar-refractivity contribution is -0.157. The zero-order chi connectivity index (χ0) is 46.5. The average molecular weight is 839 g/mol. The molecule has 9 heteroatoms. The number of allylic oxidation sites excluding steroid dienone is 20. The first kappa shape index (κ1) is 53.6. The molecule has 0 fully saturated rings. The van der Waals surface area contributed by atoms with Crippen LogP contribution in [0.2, 0.25) is 0 Å². The minimum absolute atomic E-state index is 0.0132. The van der Waals surface area contributed by atoms with Gasteiger partial charge in [-0.1, -0.05) is 135 Å². The second-order valence-corrected chi connectivity index (χ2v) is 16.9.